The van der Waals surface area contributed by atoms with Crippen LogP contribution in [0.1, 0.15) is 32.3 Å². The van der Waals surface area contributed by atoms with E-state index >= 15 is 0 Å². The fourth-order valence-corrected chi connectivity index (χ4v) is 3.45. The quantitative estimate of drug-likeness (QED) is 0.773. The maximum atomic E-state index is 14.0. The lowest BCUT2D eigenvalue weighted by Gasteiger charge is -2.14. The Bertz CT molecular complexity index is 419. The first-order valence-electron chi connectivity index (χ1n) is 7.39. The molecule has 1 aromatic carbocycles. The molecule has 112 valence electrons. The van der Waals surface area contributed by atoms with Crippen molar-refractivity contribution < 1.29 is 9.13 Å². The highest BCUT2D eigenvalue weighted by atomic mass is 32.2. The van der Waals surface area contributed by atoms with Crippen molar-refractivity contribution in [3.05, 3.63) is 29.6 Å². The van der Waals surface area contributed by atoms with E-state index in [1.807, 2.05) is 6.07 Å². The SMILES string of the molecule is CC(C)CNCc1cccc(F)c1SCC1CCCO1. The first-order chi connectivity index (χ1) is 9.66. The summed E-state index contributed by atoms with van der Waals surface area (Å²) in [6, 6.07) is 5.34. The third-order valence-corrected chi connectivity index (χ3v) is 4.64. The van der Waals surface area contributed by atoms with Crippen LogP contribution in [-0.4, -0.2) is 25.0 Å². The minimum Gasteiger partial charge on any atom is -0.377 e. The lowest BCUT2D eigenvalue weighted by atomic mass is 10.2. The van der Waals surface area contributed by atoms with Gasteiger partial charge in [0.2, 0.25) is 0 Å². The van der Waals surface area contributed by atoms with Gasteiger partial charge >= 0.3 is 0 Å². The van der Waals surface area contributed by atoms with Crippen LogP contribution < -0.4 is 5.32 Å². The van der Waals surface area contributed by atoms with Crippen LogP contribution in [-0.2, 0) is 11.3 Å². The monoisotopic (exact) mass is 297 g/mol. The molecule has 1 atom stereocenters. The molecule has 0 aliphatic carbocycles. The predicted octanol–water partition coefficient (Wildman–Crippen LogP) is 3.84. The summed E-state index contributed by atoms with van der Waals surface area (Å²) < 4.78 is 19.6. The fourth-order valence-electron chi connectivity index (χ4n) is 2.30. The van der Waals surface area contributed by atoms with Crippen LogP contribution >= 0.6 is 11.8 Å². The Morgan fingerprint density at radius 1 is 1.45 bits per heavy atom. The normalized spacial score (nSPS) is 18.9. The molecule has 2 nitrogen and oxygen atoms in total. The van der Waals surface area contributed by atoms with Gasteiger partial charge in [-0.2, -0.15) is 0 Å². The Kier molecular flexibility index (Phi) is 6.33. The number of halogens is 1. The minimum atomic E-state index is -0.114. The molecule has 1 aromatic rings. The van der Waals surface area contributed by atoms with Crippen LogP contribution in [0.3, 0.4) is 0 Å². The van der Waals surface area contributed by atoms with Gasteiger partial charge in [0.15, 0.2) is 0 Å². The standard InChI is InChI=1S/C16H24FNOS/c1-12(2)9-18-10-13-5-3-7-15(17)16(13)20-11-14-6-4-8-19-14/h3,5,7,12,14,18H,4,6,8-11H2,1-2H3. The molecule has 20 heavy (non-hydrogen) atoms. The van der Waals surface area contributed by atoms with E-state index in [2.05, 4.69) is 19.2 Å². The van der Waals surface area contributed by atoms with Crippen molar-refractivity contribution in [2.24, 2.45) is 5.92 Å². The number of benzene rings is 1. The van der Waals surface area contributed by atoms with Crippen LogP contribution in [0.5, 0.6) is 0 Å². The highest BCUT2D eigenvalue weighted by Gasteiger charge is 2.17. The van der Waals surface area contributed by atoms with Crippen LogP contribution in [0, 0.1) is 11.7 Å². The van der Waals surface area contributed by atoms with Crippen LogP contribution in [0.4, 0.5) is 4.39 Å². The van der Waals surface area contributed by atoms with Gasteiger partial charge in [0.05, 0.1) is 6.10 Å². The Hall–Kier alpha value is -0.580. The summed E-state index contributed by atoms with van der Waals surface area (Å²) in [6.45, 7) is 6.87. The molecule has 0 saturated carbocycles. The van der Waals surface area contributed by atoms with Gasteiger partial charge in [-0.1, -0.05) is 26.0 Å². The topological polar surface area (TPSA) is 21.3 Å². The smallest absolute Gasteiger partial charge is 0.137 e. The number of rotatable bonds is 7. The molecule has 1 fully saturated rings. The zero-order valence-electron chi connectivity index (χ0n) is 12.3. The van der Waals surface area contributed by atoms with Crippen LogP contribution in [0.2, 0.25) is 0 Å². The first-order valence-corrected chi connectivity index (χ1v) is 8.38. The van der Waals surface area contributed by atoms with E-state index in [4.69, 9.17) is 4.74 Å². The van der Waals surface area contributed by atoms with E-state index < -0.39 is 0 Å². The molecule has 0 spiro atoms. The molecule has 4 heteroatoms. The van der Waals surface area contributed by atoms with Crippen molar-refractivity contribution in [3.63, 3.8) is 0 Å². The van der Waals surface area contributed by atoms with E-state index in [0.29, 0.717) is 5.92 Å². The van der Waals surface area contributed by atoms with Crippen molar-refractivity contribution in [2.75, 3.05) is 18.9 Å². The van der Waals surface area contributed by atoms with Gasteiger partial charge in [0.1, 0.15) is 5.82 Å². The highest BCUT2D eigenvalue weighted by Crippen LogP contribution is 2.29. The molecule has 1 aliphatic heterocycles. The van der Waals surface area contributed by atoms with Gasteiger partial charge in [0.25, 0.3) is 0 Å². The molecule has 1 heterocycles. The second kappa shape index (κ2) is 8.01. The third-order valence-electron chi connectivity index (χ3n) is 3.35. The summed E-state index contributed by atoms with van der Waals surface area (Å²) in [5.74, 6) is 1.33. The largest absolute Gasteiger partial charge is 0.377 e. The Balaban J connectivity index is 1.94. The van der Waals surface area contributed by atoms with E-state index in [1.54, 1.807) is 23.9 Å². The Morgan fingerprint density at radius 3 is 3.00 bits per heavy atom. The lowest BCUT2D eigenvalue weighted by molar-refractivity contribution is 0.129. The zero-order chi connectivity index (χ0) is 14.4. The molecule has 2 rings (SSSR count). The molecule has 1 N–H and O–H groups in total. The van der Waals surface area contributed by atoms with Crippen molar-refractivity contribution in [2.45, 2.75) is 44.2 Å². The summed E-state index contributed by atoms with van der Waals surface area (Å²) >= 11 is 1.59. The number of ether oxygens (including phenoxy) is 1. The second-order valence-electron chi connectivity index (χ2n) is 5.70. The van der Waals surface area contributed by atoms with E-state index in [-0.39, 0.29) is 11.9 Å². The van der Waals surface area contributed by atoms with Gasteiger partial charge in [-0.05, 0) is 36.9 Å². The summed E-state index contributed by atoms with van der Waals surface area (Å²) in [4.78, 5) is 0.777. The Morgan fingerprint density at radius 2 is 2.30 bits per heavy atom. The number of hydrogen-bond acceptors (Lipinski definition) is 3. The van der Waals surface area contributed by atoms with Gasteiger partial charge in [-0.25, -0.2) is 4.39 Å². The van der Waals surface area contributed by atoms with Gasteiger partial charge in [-0.15, -0.1) is 11.8 Å². The van der Waals surface area contributed by atoms with Gasteiger partial charge in [-0.3, -0.25) is 0 Å². The molecular formula is C16H24FNOS. The van der Waals surface area contributed by atoms with Crippen LogP contribution in [0.25, 0.3) is 0 Å². The molecule has 0 radical (unpaired) electrons. The Labute approximate surface area is 125 Å². The summed E-state index contributed by atoms with van der Waals surface area (Å²) in [5.41, 5.74) is 1.05. The molecule has 0 amide bonds. The van der Waals surface area contributed by atoms with Crippen LogP contribution in [0.15, 0.2) is 23.1 Å². The van der Waals surface area contributed by atoms with Crippen molar-refractivity contribution >= 4 is 11.8 Å². The molecule has 0 bridgehead atoms. The van der Waals surface area contributed by atoms with E-state index in [9.17, 15) is 4.39 Å². The fraction of sp³-hybridized carbons (Fsp3) is 0.625. The summed E-state index contributed by atoms with van der Waals surface area (Å²) in [6.07, 6.45) is 2.52. The highest BCUT2D eigenvalue weighted by molar-refractivity contribution is 7.99. The second-order valence-corrected chi connectivity index (χ2v) is 6.73. The first kappa shape index (κ1) is 15.8. The zero-order valence-corrected chi connectivity index (χ0v) is 13.1. The molecule has 1 saturated heterocycles. The average Bonchev–Trinajstić information content (AvgIpc) is 2.90. The van der Waals surface area contributed by atoms with E-state index in [0.717, 1.165) is 48.7 Å². The van der Waals surface area contributed by atoms with Crippen molar-refractivity contribution in [1.82, 2.24) is 5.32 Å². The predicted molar refractivity (Wildman–Crippen MR) is 82.6 cm³/mol. The number of nitrogens with one attached hydrogen (secondary N) is 1. The summed E-state index contributed by atoms with van der Waals surface area (Å²) in [7, 11) is 0. The maximum absolute atomic E-state index is 14.0. The number of hydrogen-bond donors (Lipinski definition) is 1. The van der Waals surface area contributed by atoms with Gasteiger partial charge < -0.3 is 10.1 Å². The van der Waals surface area contributed by atoms with E-state index in [1.165, 1.54) is 0 Å². The molecule has 1 aliphatic rings. The lowest BCUT2D eigenvalue weighted by Crippen LogP contribution is -2.19. The maximum Gasteiger partial charge on any atom is 0.137 e. The minimum absolute atomic E-state index is 0.114. The third kappa shape index (κ3) is 4.76. The van der Waals surface area contributed by atoms with Crippen molar-refractivity contribution in [1.29, 1.82) is 0 Å². The number of thioether (sulfide) groups is 1. The molecule has 1 unspecified atom stereocenters. The molecule has 0 aromatic heterocycles. The van der Waals surface area contributed by atoms with Gasteiger partial charge in [0, 0.05) is 23.8 Å². The molecular weight excluding hydrogens is 273 g/mol. The van der Waals surface area contributed by atoms with Crippen molar-refractivity contribution in [3.8, 4) is 0 Å². The summed E-state index contributed by atoms with van der Waals surface area (Å²) in [5, 5.41) is 3.39. The average molecular weight is 297 g/mol.